The van der Waals surface area contributed by atoms with Crippen molar-refractivity contribution >= 4 is 17.9 Å². The number of aliphatic hydroxyl groups excluding tert-OH is 1. The molecule has 160 valence electrons. The van der Waals surface area contributed by atoms with Gasteiger partial charge in [-0.3, -0.25) is 9.59 Å². The van der Waals surface area contributed by atoms with E-state index in [1.807, 2.05) is 26.0 Å². The highest BCUT2D eigenvalue weighted by Crippen LogP contribution is 2.36. The Hall–Kier alpha value is -2.41. The van der Waals surface area contributed by atoms with Crippen molar-refractivity contribution in [1.29, 1.82) is 0 Å². The van der Waals surface area contributed by atoms with Crippen LogP contribution in [-0.4, -0.2) is 48.4 Å². The topological polar surface area (TPSA) is 99.1 Å². The van der Waals surface area contributed by atoms with Crippen LogP contribution in [0, 0.1) is 11.8 Å². The molecule has 0 aromatic rings. The summed E-state index contributed by atoms with van der Waals surface area (Å²) < 4.78 is 15.9. The molecule has 0 radical (unpaired) electrons. The molecular formula is C22H30O7. The van der Waals surface area contributed by atoms with Gasteiger partial charge >= 0.3 is 17.9 Å². The maximum absolute atomic E-state index is 12.0. The van der Waals surface area contributed by atoms with Crippen LogP contribution in [0.25, 0.3) is 0 Å². The summed E-state index contributed by atoms with van der Waals surface area (Å²) in [6.45, 7) is 9.10. The van der Waals surface area contributed by atoms with Gasteiger partial charge in [-0.15, -0.1) is 0 Å². The zero-order valence-electron chi connectivity index (χ0n) is 17.3. The van der Waals surface area contributed by atoms with Crippen LogP contribution in [0.2, 0.25) is 0 Å². The van der Waals surface area contributed by atoms with E-state index in [4.69, 9.17) is 14.2 Å². The van der Waals surface area contributed by atoms with Crippen LogP contribution < -0.4 is 0 Å². The average molecular weight is 406 g/mol. The van der Waals surface area contributed by atoms with E-state index >= 15 is 0 Å². The smallest absolute Gasteiger partial charge is 0.334 e. The quantitative estimate of drug-likeness (QED) is 0.313. The van der Waals surface area contributed by atoms with E-state index in [1.54, 1.807) is 0 Å². The molecule has 1 aliphatic carbocycles. The van der Waals surface area contributed by atoms with Gasteiger partial charge < -0.3 is 19.3 Å². The van der Waals surface area contributed by atoms with Crippen LogP contribution in [0.15, 0.2) is 35.5 Å². The minimum atomic E-state index is -0.885. The van der Waals surface area contributed by atoms with Gasteiger partial charge in [-0.25, -0.2) is 4.79 Å². The van der Waals surface area contributed by atoms with Crippen molar-refractivity contribution in [2.75, 3.05) is 13.2 Å². The highest BCUT2D eigenvalue weighted by molar-refractivity contribution is 5.90. The third kappa shape index (κ3) is 6.85. The lowest BCUT2D eigenvalue weighted by molar-refractivity contribution is -0.144. The maximum Gasteiger partial charge on any atom is 0.334 e. The molecule has 0 saturated carbocycles. The lowest BCUT2D eigenvalue weighted by atomic mass is 9.85. The average Bonchev–Trinajstić information content (AvgIpc) is 2.88. The fraction of sp³-hybridized carbons (Fsp3) is 0.591. The van der Waals surface area contributed by atoms with Gasteiger partial charge in [0.15, 0.2) is 0 Å². The molecule has 1 heterocycles. The van der Waals surface area contributed by atoms with Gasteiger partial charge in [0.25, 0.3) is 0 Å². The number of hydrogen-bond donors (Lipinski definition) is 1. The Morgan fingerprint density at radius 2 is 2.00 bits per heavy atom. The number of carbonyl (C=O) groups excluding carboxylic acids is 3. The SMILES string of the molecule is C=C1C(=O)O[C@H]2C/C(COC(C)=O)=C\C/C=C(/COC(=O)CC(C)C)[C@H](O)C[C@@H]12. The second-order valence-corrected chi connectivity index (χ2v) is 7.95. The molecule has 1 N–H and O–H groups in total. The van der Waals surface area contributed by atoms with Gasteiger partial charge in [0.1, 0.15) is 19.3 Å². The summed E-state index contributed by atoms with van der Waals surface area (Å²) in [6.07, 6.45) is 3.74. The lowest BCUT2D eigenvalue weighted by Gasteiger charge is -2.24. The van der Waals surface area contributed by atoms with Gasteiger partial charge in [0, 0.05) is 31.3 Å². The molecular weight excluding hydrogens is 376 g/mol. The molecule has 3 atom stereocenters. The molecule has 0 aromatic heterocycles. The summed E-state index contributed by atoms with van der Waals surface area (Å²) in [5, 5.41) is 10.7. The monoisotopic (exact) mass is 406 g/mol. The highest BCUT2D eigenvalue weighted by Gasteiger charge is 2.40. The number of rotatable bonds is 6. The first-order valence-electron chi connectivity index (χ1n) is 9.91. The van der Waals surface area contributed by atoms with Crippen LogP contribution in [0.3, 0.4) is 0 Å². The molecule has 2 rings (SSSR count). The summed E-state index contributed by atoms with van der Waals surface area (Å²) in [4.78, 5) is 35.1. The standard InChI is InChI=1S/C22H30O7/c1-13(2)8-21(25)28-12-17-7-5-6-16(11-27-15(4)23)9-20-18(10-19(17)24)14(3)22(26)29-20/h6-7,13,18-20,24H,3,5,8-12H2,1-2,4H3/b16-6+,17-7-/t18-,19+,20-/m0/s1. The lowest BCUT2D eigenvalue weighted by Crippen LogP contribution is -2.27. The van der Waals surface area contributed by atoms with Gasteiger partial charge in [0.2, 0.25) is 0 Å². The zero-order chi connectivity index (χ0) is 21.6. The van der Waals surface area contributed by atoms with Crippen molar-refractivity contribution in [3.63, 3.8) is 0 Å². The molecule has 1 fully saturated rings. The molecule has 2 aliphatic rings. The van der Waals surface area contributed by atoms with Crippen LogP contribution in [0.4, 0.5) is 0 Å². The van der Waals surface area contributed by atoms with E-state index in [-0.39, 0.29) is 37.4 Å². The molecule has 0 bridgehead atoms. The van der Waals surface area contributed by atoms with Crippen molar-refractivity contribution < 1.29 is 33.7 Å². The maximum atomic E-state index is 12.0. The van der Waals surface area contributed by atoms with E-state index in [0.29, 0.717) is 30.4 Å². The molecule has 0 unspecified atom stereocenters. The fourth-order valence-corrected chi connectivity index (χ4v) is 3.42. The minimum Gasteiger partial charge on any atom is -0.461 e. The van der Waals surface area contributed by atoms with E-state index in [9.17, 15) is 19.5 Å². The Labute approximate surface area is 171 Å². The Kier molecular flexibility index (Phi) is 8.20. The van der Waals surface area contributed by atoms with Gasteiger partial charge in [-0.05, 0) is 29.9 Å². The number of carbonyl (C=O) groups is 3. The second-order valence-electron chi connectivity index (χ2n) is 7.95. The number of allylic oxidation sites excluding steroid dienone is 2. The van der Waals surface area contributed by atoms with Crippen LogP contribution in [-0.2, 0) is 28.6 Å². The van der Waals surface area contributed by atoms with E-state index in [0.717, 1.165) is 5.57 Å². The Morgan fingerprint density at radius 1 is 1.28 bits per heavy atom. The largest absolute Gasteiger partial charge is 0.461 e. The first-order chi connectivity index (χ1) is 13.7. The van der Waals surface area contributed by atoms with Crippen molar-refractivity contribution in [1.82, 2.24) is 0 Å². The van der Waals surface area contributed by atoms with E-state index < -0.39 is 24.1 Å². The molecule has 1 saturated heterocycles. The number of fused-ring (bicyclic) bond motifs is 1. The third-order valence-electron chi connectivity index (χ3n) is 5.01. The van der Waals surface area contributed by atoms with Crippen molar-refractivity contribution in [3.8, 4) is 0 Å². The fourth-order valence-electron chi connectivity index (χ4n) is 3.42. The number of esters is 3. The first kappa shape index (κ1) is 22.9. The Balaban J connectivity index is 2.19. The summed E-state index contributed by atoms with van der Waals surface area (Å²) in [7, 11) is 0. The van der Waals surface area contributed by atoms with Crippen LogP contribution in [0.5, 0.6) is 0 Å². The summed E-state index contributed by atoms with van der Waals surface area (Å²) in [5.41, 5.74) is 1.71. The molecule has 7 heteroatoms. The molecule has 0 aromatic carbocycles. The van der Waals surface area contributed by atoms with Gasteiger partial charge in [0.05, 0.1) is 6.10 Å². The first-order valence-corrected chi connectivity index (χ1v) is 9.91. The molecule has 0 spiro atoms. The van der Waals surface area contributed by atoms with Crippen molar-refractivity contribution in [3.05, 3.63) is 35.5 Å². The number of hydrogen-bond acceptors (Lipinski definition) is 7. The van der Waals surface area contributed by atoms with E-state index in [2.05, 4.69) is 6.58 Å². The molecule has 7 nitrogen and oxygen atoms in total. The van der Waals surface area contributed by atoms with Crippen molar-refractivity contribution in [2.24, 2.45) is 11.8 Å². The predicted molar refractivity (Wildman–Crippen MR) is 106 cm³/mol. The molecule has 1 aliphatic heterocycles. The summed E-state index contributed by atoms with van der Waals surface area (Å²) in [6, 6.07) is 0. The summed E-state index contributed by atoms with van der Waals surface area (Å²) >= 11 is 0. The molecule has 29 heavy (non-hydrogen) atoms. The second kappa shape index (κ2) is 10.4. The van der Waals surface area contributed by atoms with Crippen molar-refractivity contribution in [2.45, 2.75) is 58.7 Å². The zero-order valence-corrected chi connectivity index (χ0v) is 17.3. The van der Waals surface area contributed by atoms with E-state index in [1.165, 1.54) is 6.92 Å². The van der Waals surface area contributed by atoms with Gasteiger partial charge in [-0.2, -0.15) is 0 Å². The Bertz CT molecular complexity index is 717. The van der Waals surface area contributed by atoms with Gasteiger partial charge in [-0.1, -0.05) is 32.6 Å². The van der Waals surface area contributed by atoms with Crippen LogP contribution in [0.1, 0.15) is 46.5 Å². The summed E-state index contributed by atoms with van der Waals surface area (Å²) in [5.74, 6) is -1.38. The Morgan fingerprint density at radius 3 is 2.66 bits per heavy atom. The highest BCUT2D eigenvalue weighted by atomic mass is 16.6. The normalized spacial score (nSPS) is 28.5. The van der Waals surface area contributed by atoms with Crippen LogP contribution >= 0.6 is 0 Å². The third-order valence-corrected chi connectivity index (χ3v) is 5.01. The predicted octanol–water partition coefficient (Wildman–Crippen LogP) is 2.63. The number of ether oxygens (including phenoxy) is 3. The number of aliphatic hydroxyl groups is 1. The molecule has 0 amide bonds. The minimum absolute atomic E-state index is 0.0154.